The van der Waals surface area contributed by atoms with Gasteiger partial charge in [-0.15, -0.1) is 0 Å². The molecule has 0 aliphatic rings. The summed E-state index contributed by atoms with van der Waals surface area (Å²) in [4.78, 5) is 22.7. The molecule has 7 heteroatoms. The molecule has 0 atom stereocenters. The number of benzene rings is 1. The first-order chi connectivity index (χ1) is 14.4. The molecule has 0 bridgehead atoms. The molecule has 154 valence electrons. The van der Waals surface area contributed by atoms with Gasteiger partial charge in [-0.25, -0.2) is 9.67 Å². The van der Waals surface area contributed by atoms with E-state index >= 15 is 0 Å². The Morgan fingerprint density at radius 2 is 1.97 bits per heavy atom. The highest BCUT2D eigenvalue weighted by molar-refractivity contribution is 5.89. The van der Waals surface area contributed by atoms with E-state index in [1.807, 2.05) is 28.8 Å². The summed E-state index contributed by atoms with van der Waals surface area (Å²) in [5.41, 5.74) is 4.16. The van der Waals surface area contributed by atoms with Gasteiger partial charge in [0.25, 0.3) is 0 Å². The summed E-state index contributed by atoms with van der Waals surface area (Å²) in [6.45, 7) is 5.24. The number of aromatic nitrogens is 5. The van der Waals surface area contributed by atoms with Crippen LogP contribution in [0.15, 0.2) is 55.1 Å². The van der Waals surface area contributed by atoms with Gasteiger partial charge in [-0.1, -0.05) is 19.9 Å². The monoisotopic (exact) mass is 402 g/mol. The predicted octanol–water partition coefficient (Wildman–Crippen LogP) is 3.55. The van der Waals surface area contributed by atoms with Gasteiger partial charge in [0.15, 0.2) is 5.82 Å². The fourth-order valence-corrected chi connectivity index (χ4v) is 3.50. The molecule has 0 fully saturated rings. The third-order valence-electron chi connectivity index (χ3n) is 5.18. The van der Waals surface area contributed by atoms with E-state index < -0.39 is 0 Å². The van der Waals surface area contributed by atoms with Crippen molar-refractivity contribution in [2.75, 3.05) is 14.1 Å². The lowest BCUT2D eigenvalue weighted by atomic mass is 10.0. The zero-order valence-electron chi connectivity index (χ0n) is 17.8. The molecule has 1 amide bonds. The van der Waals surface area contributed by atoms with Gasteiger partial charge >= 0.3 is 0 Å². The first kappa shape index (κ1) is 19.8. The number of nitrogens with zero attached hydrogens (tertiary/aromatic N) is 6. The van der Waals surface area contributed by atoms with Crippen molar-refractivity contribution in [1.82, 2.24) is 29.2 Å². The minimum absolute atomic E-state index is 0.0706. The minimum Gasteiger partial charge on any atom is -0.347 e. The van der Waals surface area contributed by atoms with E-state index in [4.69, 9.17) is 0 Å². The summed E-state index contributed by atoms with van der Waals surface area (Å²) >= 11 is 0. The van der Waals surface area contributed by atoms with Crippen LogP contribution in [0, 0.1) is 0 Å². The minimum atomic E-state index is 0.0706. The van der Waals surface area contributed by atoms with E-state index in [1.54, 1.807) is 36.2 Å². The highest BCUT2D eigenvalue weighted by Crippen LogP contribution is 2.31. The number of carbonyl (C=O) groups excluding carboxylic acids is 1. The van der Waals surface area contributed by atoms with Crippen molar-refractivity contribution in [3.8, 4) is 11.4 Å². The van der Waals surface area contributed by atoms with Gasteiger partial charge in [0.1, 0.15) is 12.9 Å². The van der Waals surface area contributed by atoms with Crippen molar-refractivity contribution in [3.63, 3.8) is 0 Å². The van der Waals surface area contributed by atoms with Crippen molar-refractivity contribution in [2.45, 2.75) is 32.9 Å². The largest absolute Gasteiger partial charge is 0.347 e. The molecule has 1 aromatic carbocycles. The molecule has 0 aliphatic carbocycles. The average Bonchev–Trinajstić information content (AvgIpc) is 3.33. The summed E-state index contributed by atoms with van der Waals surface area (Å²) in [7, 11) is 3.56. The van der Waals surface area contributed by atoms with Gasteiger partial charge < -0.3 is 9.47 Å². The van der Waals surface area contributed by atoms with Crippen molar-refractivity contribution in [1.29, 1.82) is 0 Å². The van der Waals surface area contributed by atoms with E-state index in [9.17, 15) is 4.79 Å². The maximum atomic E-state index is 12.3. The van der Waals surface area contributed by atoms with Gasteiger partial charge in [-0.05, 0) is 41.8 Å². The van der Waals surface area contributed by atoms with Crippen LogP contribution >= 0.6 is 0 Å². The maximum Gasteiger partial charge on any atom is 0.241 e. The van der Waals surface area contributed by atoms with Crippen LogP contribution in [-0.4, -0.2) is 49.2 Å². The number of rotatable bonds is 6. The standard InChI is InChI=1S/C23H26N6O/c1-16(2)20-13-28(14-22(30)27(3)4)21-9-8-17(11-19(20)21)23-25-15-29(26-23)12-18-7-5-6-10-24-18/h5-11,13,15-16H,12,14H2,1-4H3. The van der Waals surface area contributed by atoms with Gasteiger partial charge in [0.05, 0.1) is 12.2 Å². The van der Waals surface area contributed by atoms with E-state index in [0.29, 0.717) is 24.8 Å². The molecule has 0 N–H and O–H groups in total. The third-order valence-corrected chi connectivity index (χ3v) is 5.18. The molecule has 0 saturated heterocycles. The highest BCUT2D eigenvalue weighted by atomic mass is 16.2. The Bertz CT molecular complexity index is 1170. The van der Waals surface area contributed by atoms with Gasteiger partial charge in [-0.2, -0.15) is 5.10 Å². The molecule has 4 aromatic rings. The first-order valence-corrected chi connectivity index (χ1v) is 10.0. The van der Waals surface area contributed by atoms with Crippen LogP contribution < -0.4 is 0 Å². The van der Waals surface area contributed by atoms with E-state index in [0.717, 1.165) is 22.2 Å². The smallest absolute Gasteiger partial charge is 0.241 e. The quantitative estimate of drug-likeness (QED) is 0.495. The molecule has 4 rings (SSSR count). The molecule has 3 heterocycles. The number of carbonyl (C=O) groups is 1. The second kappa shape index (κ2) is 8.10. The Morgan fingerprint density at radius 3 is 2.67 bits per heavy atom. The van der Waals surface area contributed by atoms with Crippen LogP contribution in [-0.2, 0) is 17.9 Å². The lowest BCUT2D eigenvalue weighted by molar-refractivity contribution is -0.129. The SMILES string of the molecule is CC(C)c1cn(CC(=O)N(C)C)c2ccc(-c3ncn(Cc4ccccn4)n3)cc12. The third kappa shape index (κ3) is 3.96. The zero-order valence-corrected chi connectivity index (χ0v) is 17.8. The number of hydrogen-bond acceptors (Lipinski definition) is 4. The van der Waals surface area contributed by atoms with E-state index in [-0.39, 0.29) is 5.91 Å². The number of pyridine rings is 1. The summed E-state index contributed by atoms with van der Waals surface area (Å²) in [6.07, 6.45) is 5.60. The summed E-state index contributed by atoms with van der Waals surface area (Å²) in [5, 5.41) is 5.77. The topological polar surface area (TPSA) is 68.8 Å². The molecule has 3 aromatic heterocycles. The Hall–Kier alpha value is -3.48. The van der Waals surface area contributed by atoms with Crippen LogP contribution in [0.1, 0.15) is 31.0 Å². The van der Waals surface area contributed by atoms with E-state index in [1.165, 1.54) is 5.56 Å². The van der Waals surface area contributed by atoms with Crippen LogP contribution in [0.3, 0.4) is 0 Å². The molecule has 0 aliphatic heterocycles. The van der Waals surface area contributed by atoms with E-state index in [2.05, 4.69) is 47.2 Å². The highest BCUT2D eigenvalue weighted by Gasteiger charge is 2.16. The number of likely N-dealkylation sites (N-methyl/N-ethyl adjacent to an activating group) is 1. The Labute approximate surface area is 176 Å². The average molecular weight is 403 g/mol. The molecule has 0 spiro atoms. The van der Waals surface area contributed by atoms with Crippen molar-refractivity contribution in [3.05, 3.63) is 66.4 Å². The predicted molar refractivity (Wildman–Crippen MR) is 117 cm³/mol. The summed E-state index contributed by atoms with van der Waals surface area (Å²) in [5.74, 6) is 1.09. The molecule has 0 unspecified atom stereocenters. The number of fused-ring (bicyclic) bond motifs is 1. The second-order valence-corrected chi connectivity index (χ2v) is 7.97. The molecule has 0 saturated carbocycles. The Kier molecular flexibility index (Phi) is 5.35. The molecular formula is C23H26N6O. The molecular weight excluding hydrogens is 376 g/mol. The lowest BCUT2D eigenvalue weighted by Crippen LogP contribution is -2.25. The van der Waals surface area contributed by atoms with Crippen LogP contribution in [0.5, 0.6) is 0 Å². The Balaban J connectivity index is 1.68. The van der Waals surface area contributed by atoms with Crippen LogP contribution in [0.25, 0.3) is 22.3 Å². The summed E-state index contributed by atoms with van der Waals surface area (Å²) in [6, 6.07) is 12.0. The molecule has 0 radical (unpaired) electrons. The normalized spacial score (nSPS) is 11.4. The maximum absolute atomic E-state index is 12.3. The van der Waals surface area contributed by atoms with Crippen LogP contribution in [0.2, 0.25) is 0 Å². The Morgan fingerprint density at radius 1 is 1.13 bits per heavy atom. The van der Waals surface area contributed by atoms with Gasteiger partial charge in [0, 0.05) is 43.0 Å². The second-order valence-electron chi connectivity index (χ2n) is 7.97. The molecule has 7 nitrogen and oxygen atoms in total. The number of hydrogen-bond donors (Lipinski definition) is 0. The van der Waals surface area contributed by atoms with Crippen molar-refractivity contribution in [2.24, 2.45) is 0 Å². The molecule has 30 heavy (non-hydrogen) atoms. The first-order valence-electron chi connectivity index (χ1n) is 10.0. The fourth-order valence-electron chi connectivity index (χ4n) is 3.50. The fraction of sp³-hybridized carbons (Fsp3) is 0.304. The summed E-state index contributed by atoms with van der Waals surface area (Å²) < 4.78 is 3.83. The van der Waals surface area contributed by atoms with Gasteiger partial charge in [-0.3, -0.25) is 9.78 Å². The van der Waals surface area contributed by atoms with Crippen LogP contribution in [0.4, 0.5) is 0 Å². The lowest BCUT2D eigenvalue weighted by Gasteiger charge is -2.11. The van der Waals surface area contributed by atoms with Crippen molar-refractivity contribution < 1.29 is 4.79 Å². The number of amides is 1. The van der Waals surface area contributed by atoms with Gasteiger partial charge in [0.2, 0.25) is 5.91 Å². The van der Waals surface area contributed by atoms with Crippen molar-refractivity contribution >= 4 is 16.8 Å². The zero-order chi connectivity index (χ0) is 21.3.